The van der Waals surface area contributed by atoms with E-state index in [2.05, 4.69) is 4.90 Å². The molecule has 0 saturated carbocycles. The van der Waals surface area contributed by atoms with Gasteiger partial charge in [-0.25, -0.2) is 0 Å². The summed E-state index contributed by atoms with van der Waals surface area (Å²) < 4.78 is 10.9. The average Bonchev–Trinajstić information content (AvgIpc) is 3.11. The van der Waals surface area contributed by atoms with Crippen molar-refractivity contribution < 1.29 is 29.3 Å². The number of ether oxygens (including phenoxy) is 2. The molecule has 2 saturated heterocycles. The van der Waals surface area contributed by atoms with Crippen molar-refractivity contribution >= 4 is 29.1 Å². The summed E-state index contributed by atoms with van der Waals surface area (Å²) in [6.07, 6.45) is 0.654. The molecule has 2 aliphatic rings. The number of Topliss-reactive ketones (excluding diaryl/α,β-unsaturated/α-hetero) is 1. The number of amides is 1. The van der Waals surface area contributed by atoms with Gasteiger partial charge in [0.15, 0.2) is 11.5 Å². The Bertz CT molecular complexity index is 1110. The summed E-state index contributed by atoms with van der Waals surface area (Å²) in [5, 5.41) is 21.8. The number of carbonyl (C=O) groups is 2. The number of phenols is 1. The molecule has 2 aromatic carbocycles. The summed E-state index contributed by atoms with van der Waals surface area (Å²) >= 11 is 5.98. The molecule has 0 aromatic heterocycles. The first-order chi connectivity index (χ1) is 16.9. The first-order valence-corrected chi connectivity index (χ1v) is 12.1. The molecule has 2 heterocycles. The minimum atomic E-state index is -0.824. The molecule has 2 fully saturated rings. The molecule has 0 unspecified atom stereocenters. The number of ketones is 1. The largest absolute Gasteiger partial charge is 0.507 e. The van der Waals surface area contributed by atoms with E-state index in [9.17, 15) is 19.8 Å². The van der Waals surface area contributed by atoms with Crippen LogP contribution in [0.2, 0.25) is 5.02 Å². The highest BCUT2D eigenvalue weighted by atomic mass is 35.5. The molecule has 1 atom stereocenters. The van der Waals surface area contributed by atoms with Crippen LogP contribution in [-0.4, -0.2) is 77.7 Å². The molecule has 2 aromatic rings. The lowest BCUT2D eigenvalue weighted by atomic mass is 9.95. The maximum atomic E-state index is 13.2. The van der Waals surface area contributed by atoms with Gasteiger partial charge in [0.05, 0.1) is 31.4 Å². The van der Waals surface area contributed by atoms with Gasteiger partial charge in [0.25, 0.3) is 11.7 Å². The van der Waals surface area contributed by atoms with Crippen LogP contribution in [0, 0.1) is 0 Å². The molecule has 35 heavy (non-hydrogen) atoms. The van der Waals surface area contributed by atoms with Crippen molar-refractivity contribution in [3.05, 3.63) is 64.2 Å². The maximum absolute atomic E-state index is 13.2. The van der Waals surface area contributed by atoms with E-state index in [0.29, 0.717) is 48.9 Å². The second-order valence-electron chi connectivity index (χ2n) is 8.47. The van der Waals surface area contributed by atoms with Gasteiger partial charge in [-0.2, -0.15) is 0 Å². The van der Waals surface area contributed by atoms with Crippen molar-refractivity contribution in [2.75, 3.05) is 46.0 Å². The van der Waals surface area contributed by atoms with Gasteiger partial charge in [-0.15, -0.1) is 0 Å². The molecule has 0 aliphatic carbocycles. The van der Waals surface area contributed by atoms with Crippen molar-refractivity contribution in [2.24, 2.45) is 0 Å². The Balaban J connectivity index is 1.71. The van der Waals surface area contributed by atoms with E-state index in [0.717, 1.165) is 19.6 Å². The molecule has 4 rings (SSSR count). The fraction of sp³-hybridized carbons (Fsp3) is 0.385. The van der Waals surface area contributed by atoms with Crippen LogP contribution in [0.4, 0.5) is 0 Å². The zero-order valence-corrected chi connectivity index (χ0v) is 20.3. The third-order valence-electron chi connectivity index (χ3n) is 6.23. The van der Waals surface area contributed by atoms with Crippen LogP contribution < -0.4 is 4.74 Å². The van der Waals surface area contributed by atoms with Crippen molar-refractivity contribution in [1.29, 1.82) is 0 Å². The topological polar surface area (TPSA) is 99.5 Å². The van der Waals surface area contributed by atoms with Gasteiger partial charge in [0.1, 0.15) is 5.76 Å². The number of benzene rings is 2. The fourth-order valence-corrected chi connectivity index (χ4v) is 4.61. The number of hydrogen-bond donors (Lipinski definition) is 2. The molecule has 1 amide bonds. The van der Waals surface area contributed by atoms with Crippen LogP contribution in [0.25, 0.3) is 5.76 Å². The Kier molecular flexibility index (Phi) is 7.95. The quantitative estimate of drug-likeness (QED) is 0.324. The SMILES string of the molecule is CCOc1cc([C@@H]2C(=C(O)c3ccc(Cl)cc3)C(=O)C(=O)N2CCCN2CCOCC2)ccc1O. The van der Waals surface area contributed by atoms with E-state index < -0.39 is 17.7 Å². The van der Waals surface area contributed by atoms with E-state index >= 15 is 0 Å². The zero-order valence-electron chi connectivity index (χ0n) is 19.6. The molecular formula is C26H29ClN2O6. The highest BCUT2D eigenvalue weighted by Crippen LogP contribution is 2.42. The number of aromatic hydroxyl groups is 1. The molecule has 2 N–H and O–H groups in total. The lowest BCUT2D eigenvalue weighted by Gasteiger charge is -2.29. The minimum absolute atomic E-state index is 0.00293. The molecule has 0 radical (unpaired) electrons. The first-order valence-electron chi connectivity index (χ1n) is 11.7. The summed E-state index contributed by atoms with van der Waals surface area (Å²) in [7, 11) is 0. The third-order valence-corrected chi connectivity index (χ3v) is 6.49. The van der Waals surface area contributed by atoms with Gasteiger partial charge >= 0.3 is 0 Å². The van der Waals surface area contributed by atoms with Crippen LogP contribution in [0.15, 0.2) is 48.0 Å². The number of aliphatic hydroxyl groups excluding tert-OH is 1. The zero-order chi connectivity index (χ0) is 24.9. The number of rotatable bonds is 8. The Morgan fingerprint density at radius 3 is 2.51 bits per heavy atom. The highest BCUT2D eigenvalue weighted by molar-refractivity contribution is 6.46. The Morgan fingerprint density at radius 1 is 1.11 bits per heavy atom. The first kappa shape index (κ1) is 25.0. The summed E-state index contributed by atoms with van der Waals surface area (Å²) in [6, 6.07) is 10.3. The standard InChI is InChI=1S/C26H29ClN2O6/c1-2-35-21-16-18(6-9-20(21)30)23-22(24(31)17-4-7-19(27)8-5-17)25(32)26(33)29(23)11-3-10-28-12-14-34-15-13-28/h4-9,16,23,30-31H,2-3,10-15H2,1H3/t23-/m1/s1. The lowest BCUT2D eigenvalue weighted by Crippen LogP contribution is -2.38. The number of halogens is 1. The molecule has 8 nitrogen and oxygen atoms in total. The predicted octanol–water partition coefficient (Wildman–Crippen LogP) is 3.59. The number of phenolic OH excluding ortho intramolecular Hbond substituents is 1. The minimum Gasteiger partial charge on any atom is -0.507 e. The average molecular weight is 501 g/mol. The molecular weight excluding hydrogens is 472 g/mol. The van der Waals surface area contributed by atoms with Gasteiger partial charge in [-0.05, 0) is 55.3 Å². The monoisotopic (exact) mass is 500 g/mol. The fourth-order valence-electron chi connectivity index (χ4n) is 4.48. The van der Waals surface area contributed by atoms with Crippen LogP contribution >= 0.6 is 11.6 Å². The van der Waals surface area contributed by atoms with Gasteiger partial charge in [0.2, 0.25) is 0 Å². The van der Waals surface area contributed by atoms with E-state index in [4.69, 9.17) is 21.1 Å². The molecule has 186 valence electrons. The van der Waals surface area contributed by atoms with Crippen LogP contribution in [0.1, 0.15) is 30.5 Å². The van der Waals surface area contributed by atoms with Gasteiger partial charge < -0.3 is 24.6 Å². The number of nitrogens with zero attached hydrogens (tertiary/aromatic N) is 2. The van der Waals surface area contributed by atoms with Gasteiger partial charge in [-0.3, -0.25) is 14.5 Å². The van der Waals surface area contributed by atoms with Crippen LogP contribution in [-0.2, 0) is 14.3 Å². The highest BCUT2D eigenvalue weighted by Gasteiger charge is 2.46. The maximum Gasteiger partial charge on any atom is 0.295 e. The summed E-state index contributed by atoms with van der Waals surface area (Å²) in [5.41, 5.74) is 0.943. The summed E-state index contributed by atoms with van der Waals surface area (Å²) in [4.78, 5) is 30.1. The van der Waals surface area contributed by atoms with E-state index in [-0.39, 0.29) is 22.8 Å². The number of morpholine rings is 1. The normalized spacial score (nSPS) is 20.4. The Labute approximate surface area is 209 Å². The van der Waals surface area contributed by atoms with Gasteiger partial charge in [0, 0.05) is 36.8 Å². The Hall–Kier alpha value is -3.07. The second kappa shape index (κ2) is 11.1. The Morgan fingerprint density at radius 2 is 1.83 bits per heavy atom. The number of likely N-dealkylation sites (tertiary alicyclic amines) is 1. The molecule has 0 spiro atoms. The van der Waals surface area contributed by atoms with Crippen molar-refractivity contribution in [1.82, 2.24) is 9.80 Å². The second-order valence-corrected chi connectivity index (χ2v) is 8.90. The summed E-state index contributed by atoms with van der Waals surface area (Å²) in [5.74, 6) is -1.49. The van der Waals surface area contributed by atoms with Crippen molar-refractivity contribution in [2.45, 2.75) is 19.4 Å². The van der Waals surface area contributed by atoms with Crippen LogP contribution in [0.3, 0.4) is 0 Å². The summed E-state index contributed by atoms with van der Waals surface area (Å²) in [6.45, 7) is 6.23. The molecule has 2 aliphatic heterocycles. The van der Waals surface area contributed by atoms with Crippen molar-refractivity contribution in [3.63, 3.8) is 0 Å². The molecule has 0 bridgehead atoms. The van der Waals surface area contributed by atoms with Crippen LogP contribution in [0.5, 0.6) is 11.5 Å². The smallest absolute Gasteiger partial charge is 0.295 e. The van der Waals surface area contributed by atoms with E-state index in [1.807, 2.05) is 0 Å². The third kappa shape index (κ3) is 5.45. The number of carbonyl (C=O) groups excluding carboxylic acids is 2. The van der Waals surface area contributed by atoms with E-state index in [1.54, 1.807) is 43.3 Å². The van der Waals surface area contributed by atoms with Gasteiger partial charge in [-0.1, -0.05) is 17.7 Å². The van der Waals surface area contributed by atoms with Crippen molar-refractivity contribution in [3.8, 4) is 11.5 Å². The number of hydrogen-bond acceptors (Lipinski definition) is 7. The molecule has 9 heteroatoms. The lowest BCUT2D eigenvalue weighted by molar-refractivity contribution is -0.140. The predicted molar refractivity (Wildman–Crippen MR) is 132 cm³/mol. The number of aliphatic hydroxyl groups is 1. The van der Waals surface area contributed by atoms with E-state index in [1.165, 1.54) is 11.0 Å².